The molecule has 1 heterocycles. The molecular formula is C10H9F2NO. The van der Waals surface area contributed by atoms with E-state index in [4.69, 9.17) is 0 Å². The van der Waals surface area contributed by atoms with Crippen molar-refractivity contribution in [1.82, 2.24) is 4.57 Å². The van der Waals surface area contributed by atoms with E-state index >= 15 is 0 Å². The van der Waals surface area contributed by atoms with E-state index in [1.54, 1.807) is 23.7 Å². The highest BCUT2D eigenvalue weighted by Crippen LogP contribution is 2.34. The summed E-state index contributed by atoms with van der Waals surface area (Å²) in [6.45, 7) is 0. The molecule has 0 unspecified atom stereocenters. The Morgan fingerprint density at radius 1 is 1.36 bits per heavy atom. The van der Waals surface area contributed by atoms with E-state index in [2.05, 4.69) is 0 Å². The quantitative estimate of drug-likeness (QED) is 0.747. The first-order chi connectivity index (χ1) is 6.61. The Hall–Kier alpha value is -1.58. The molecule has 1 N–H and O–H groups in total. The lowest BCUT2D eigenvalue weighted by Crippen LogP contribution is -1.82. The first-order valence-electron chi connectivity index (χ1n) is 4.16. The molecule has 0 atom stereocenters. The van der Waals surface area contributed by atoms with Gasteiger partial charge in [-0.25, -0.2) is 8.78 Å². The van der Waals surface area contributed by atoms with Crippen molar-refractivity contribution in [3.63, 3.8) is 0 Å². The average molecular weight is 197 g/mol. The van der Waals surface area contributed by atoms with Crippen molar-refractivity contribution in [3.05, 3.63) is 30.0 Å². The molecule has 0 aliphatic rings. The minimum absolute atomic E-state index is 0.0987. The predicted molar refractivity (Wildman–Crippen MR) is 49.5 cm³/mol. The van der Waals surface area contributed by atoms with Gasteiger partial charge in [0.25, 0.3) is 6.43 Å². The summed E-state index contributed by atoms with van der Waals surface area (Å²) in [5.41, 5.74) is 0.487. The van der Waals surface area contributed by atoms with E-state index < -0.39 is 6.43 Å². The van der Waals surface area contributed by atoms with Gasteiger partial charge in [0.05, 0.1) is 10.9 Å². The Balaban J connectivity index is 2.86. The predicted octanol–water partition coefficient (Wildman–Crippen LogP) is 2.82. The summed E-state index contributed by atoms with van der Waals surface area (Å²) in [5.74, 6) is -0.0987. The van der Waals surface area contributed by atoms with E-state index in [0.717, 1.165) is 0 Å². The van der Waals surface area contributed by atoms with Crippen LogP contribution in [0.2, 0.25) is 0 Å². The number of aromatic hydroxyl groups is 1. The van der Waals surface area contributed by atoms with Gasteiger partial charge in [0.1, 0.15) is 5.75 Å². The summed E-state index contributed by atoms with van der Waals surface area (Å²) < 4.78 is 26.7. The zero-order valence-corrected chi connectivity index (χ0v) is 7.54. The molecule has 0 radical (unpaired) electrons. The number of hydrogen-bond donors (Lipinski definition) is 1. The van der Waals surface area contributed by atoms with Gasteiger partial charge in [-0.3, -0.25) is 0 Å². The number of hydrogen-bond acceptors (Lipinski definition) is 1. The molecule has 1 aromatic carbocycles. The number of rotatable bonds is 1. The summed E-state index contributed by atoms with van der Waals surface area (Å²) in [4.78, 5) is 0. The Bertz CT molecular complexity index is 476. The van der Waals surface area contributed by atoms with Gasteiger partial charge in [-0.05, 0) is 12.1 Å². The maximum atomic E-state index is 12.6. The summed E-state index contributed by atoms with van der Waals surface area (Å²) in [6, 6.07) is 4.74. The standard InChI is InChI=1S/C10H9F2NO/c1-13-5-6(10(11)12)9-7(13)3-2-4-8(9)14/h2-5,10,14H,1H3. The fourth-order valence-corrected chi connectivity index (χ4v) is 1.63. The zero-order valence-electron chi connectivity index (χ0n) is 7.54. The topological polar surface area (TPSA) is 25.2 Å². The molecule has 0 saturated carbocycles. The smallest absolute Gasteiger partial charge is 0.266 e. The fraction of sp³-hybridized carbons (Fsp3) is 0.200. The van der Waals surface area contributed by atoms with Crippen molar-refractivity contribution < 1.29 is 13.9 Å². The van der Waals surface area contributed by atoms with Crippen molar-refractivity contribution in [2.75, 3.05) is 0 Å². The Labute approximate surface area is 79.4 Å². The van der Waals surface area contributed by atoms with Crippen LogP contribution in [0.3, 0.4) is 0 Å². The number of benzene rings is 1. The molecular weight excluding hydrogens is 188 g/mol. The molecule has 4 heteroatoms. The van der Waals surface area contributed by atoms with Crippen molar-refractivity contribution in [2.45, 2.75) is 6.43 Å². The number of alkyl halides is 2. The van der Waals surface area contributed by atoms with Gasteiger partial charge in [-0.15, -0.1) is 0 Å². The number of phenolic OH excluding ortho intramolecular Hbond substituents is 1. The summed E-state index contributed by atoms with van der Waals surface area (Å²) >= 11 is 0. The van der Waals surface area contributed by atoms with Gasteiger partial charge in [-0.2, -0.15) is 0 Å². The van der Waals surface area contributed by atoms with Crippen LogP contribution in [-0.4, -0.2) is 9.67 Å². The fourth-order valence-electron chi connectivity index (χ4n) is 1.63. The summed E-state index contributed by atoms with van der Waals surface area (Å²) in [6.07, 6.45) is -1.22. The Kier molecular flexibility index (Phi) is 1.91. The summed E-state index contributed by atoms with van der Waals surface area (Å²) in [5, 5.41) is 9.71. The molecule has 0 saturated heterocycles. The zero-order chi connectivity index (χ0) is 10.3. The molecule has 0 amide bonds. The number of phenols is 1. The largest absolute Gasteiger partial charge is 0.507 e. The Morgan fingerprint density at radius 2 is 2.07 bits per heavy atom. The van der Waals surface area contributed by atoms with Crippen molar-refractivity contribution >= 4 is 10.9 Å². The maximum absolute atomic E-state index is 12.6. The van der Waals surface area contributed by atoms with Gasteiger partial charge < -0.3 is 9.67 Å². The molecule has 14 heavy (non-hydrogen) atoms. The van der Waals surface area contributed by atoms with Crippen LogP contribution < -0.4 is 0 Å². The molecule has 0 aliphatic carbocycles. The molecule has 1 aromatic heterocycles. The van der Waals surface area contributed by atoms with Gasteiger partial charge in [0.15, 0.2) is 0 Å². The SMILES string of the molecule is Cn1cc(C(F)F)c2c(O)cccc21. The van der Waals surface area contributed by atoms with Crippen LogP contribution in [0.1, 0.15) is 12.0 Å². The third-order valence-corrected chi connectivity index (χ3v) is 2.26. The third kappa shape index (κ3) is 1.14. The third-order valence-electron chi connectivity index (χ3n) is 2.26. The average Bonchev–Trinajstić information content (AvgIpc) is 2.46. The minimum Gasteiger partial charge on any atom is -0.507 e. The monoisotopic (exact) mass is 197 g/mol. The first-order valence-corrected chi connectivity index (χ1v) is 4.16. The molecule has 0 spiro atoms. The first kappa shape index (κ1) is 8.99. The summed E-state index contributed by atoms with van der Waals surface area (Å²) in [7, 11) is 1.67. The van der Waals surface area contributed by atoms with Crippen LogP contribution >= 0.6 is 0 Å². The van der Waals surface area contributed by atoms with Crippen molar-refractivity contribution in [3.8, 4) is 5.75 Å². The lowest BCUT2D eigenvalue weighted by Gasteiger charge is -1.99. The number of aromatic nitrogens is 1. The minimum atomic E-state index is -2.56. The normalized spacial score (nSPS) is 11.4. The highest BCUT2D eigenvalue weighted by molar-refractivity contribution is 5.89. The second kappa shape index (κ2) is 2.97. The van der Waals surface area contributed by atoms with E-state index in [1.807, 2.05) is 0 Å². The van der Waals surface area contributed by atoms with E-state index in [0.29, 0.717) is 5.52 Å². The lowest BCUT2D eigenvalue weighted by molar-refractivity contribution is 0.152. The van der Waals surface area contributed by atoms with Crippen LogP contribution in [-0.2, 0) is 7.05 Å². The van der Waals surface area contributed by atoms with Gasteiger partial charge >= 0.3 is 0 Å². The van der Waals surface area contributed by atoms with Gasteiger partial charge in [0, 0.05) is 18.8 Å². The van der Waals surface area contributed by atoms with Crippen molar-refractivity contribution in [2.24, 2.45) is 7.05 Å². The molecule has 0 aliphatic heterocycles. The van der Waals surface area contributed by atoms with Crippen LogP contribution in [0.15, 0.2) is 24.4 Å². The molecule has 74 valence electrons. The van der Waals surface area contributed by atoms with Gasteiger partial charge in [-0.1, -0.05) is 6.07 Å². The lowest BCUT2D eigenvalue weighted by atomic mass is 10.1. The van der Waals surface area contributed by atoms with Crippen LogP contribution in [0.4, 0.5) is 8.78 Å². The van der Waals surface area contributed by atoms with E-state index in [-0.39, 0.29) is 16.7 Å². The second-order valence-electron chi connectivity index (χ2n) is 3.17. The number of fused-ring (bicyclic) bond motifs is 1. The number of halogens is 2. The van der Waals surface area contributed by atoms with Crippen LogP contribution in [0.5, 0.6) is 5.75 Å². The molecule has 2 nitrogen and oxygen atoms in total. The maximum Gasteiger partial charge on any atom is 0.266 e. The van der Waals surface area contributed by atoms with E-state index in [1.165, 1.54) is 12.3 Å². The Morgan fingerprint density at radius 3 is 2.71 bits per heavy atom. The highest BCUT2D eigenvalue weighted by atomic mass is 19.3. The van der Waals surface area contributed by atoms with Crippen molar-refractivity contribution in [1.29, 1.82) is 0 Å². The van der Waals surface area contributed by atoms with Gasteiger partial charge in [0.2, 0.25) is 0 Å². The van der Waals surface area contributed by atoms with E-state index in [9.17, 15) is 13.9 Å². The molecule has 0 bridgehead atoms. The number of aryl methyl sites for hydroxylation is 1. The van der Waals surface area contributed by atoms with Crippen LogP contribution in [0, 0.1) is 0 Å². The van der Waals surface area contributed by atoms with Crippen LogP contribution in [0.25, 0.3) is 10.9 Å². The highest BCUT2D eigenvalue weighted by Gasteiger charge is 2.17. The molecule has 2 rings (SSSR count). The second-order valence-corrected chi connectivity index (χ2v) is 3.17. The number of nitrogens with zero attached hydrogens (tertiary/aromatic N) is 1. The molecule has 0 fully saturated rings. The molecule has 2 aromatic rings.